The summed E-state index contributed by atoms with van der Waals surface area (Å²) < 4.78 is 11.7. The van der Waals surface area contributed by atoms with E-state index in [1.807, 2.05) is 12.1 Å². The number of benzene rings is 2. The van der Waals surface area contributed by atoms with Crippen molar-refractivity contribution in [2.75, 3.05) is 13.7 Å². The molecule has 3 aliphatic rings. The molecular weight excluding hydrogens is 540 g/mol. The topological polar surface area (TPSA) is 88.1 Å². The van der Waals surface area contributed by atoms with Gasteiger partial charge in [0.05, 0.1) is 13.2 Å². The van der Waals surface area contributed by atoms with Gasteiger partial charge in [-0.3, -0.25) is 4.79 Å². The van der Waals surface area contributed by atoms with Crippen LogP contribution in [-0.2, 0) is 26.3 Å². The van der Waals surface area contributed by atoms with Crippen molar-refractivity contribution in [1.82, 2.24) is 10.2 Å². The molecule has 1 aliphatic carbocycles. The molecule has 1 saturated carbocycles. The molecule has 43 heavy (non-hydrogen) atoms. The van der Waals surface area contributed by atoms with E-state index < -0.39 is 29.6 Å². The minimum absolute atomic E-state index is 0.181. The van der Waals surface area contributed by atoms with Crippen molar-refractivity contribution in [2.45, 2.75) is 116 Å². The van der Waals surface area contributed by atoms with E-state index in [1.54, 1.807) is 12.0 Å². The molecule has 2 aromatic rings. The number of amides is 1. The van der Waals surface area contributed by atoms with Crippen molar-refractivity contribution in [2.24, 2.45) is 11.3 Å². The van der Waals surface area contributed by atoms with Gasteiger partial charge in [-0.25, -0.2) is 4.79 Å². The van der Waals surface area contributed by atoms with Gasteiger partial charge in [0.2, 0.25) is 0 Å². The van der Waals surface area contributed by atoms with Crippen LogP contribution >= 0.6 is 0 Å². The Morgan fingerprint density at radius 2 is 1.86 bits per heavy atom. The maximum absolute atomic E-state index is 14.3. The molecule has 2 heterocycles. The fourth-order valence-electron chi connectivity index (χ4n) is 7.81. The van der Waals surface area contributed by atoms with E-state index >= 15 is 0 Å². The highest BCUT2D eigenvalue weighted by molar-refractivity contribution is 5.88. The molecule has 2 N–H and O–H groups in total. The zero-order chi connectivity index (χ0) is 31.1. The highest BCUT2D eigenvalue weighted by Crippen LogP contribution is 2.50. The monoisotopic (exact) mass is 590 g/mol. The Morgan fingerprint density at radius 1 is 1.14 bits per heavy atom. The zero-order valence-electron chi connectivity index (χ0n) is 27.0. The van der Waals surface area contributed by atoms with Crippen molar-refractivity contribution in [3.63, 3.8) is 0 Å². The number of aliphatic carboxylic acids is 1. The van der Waals surface area contributed by atoms with Crippen LogP contribution in [0.4, 0.5) is 0 Å². The normalized spacial score (nSPS) is 26.9. The second kappa shape index (κ2) is 12.2. The molecule has 7 nitrogen and oxygen atoms in total. The van der Waals surface area contributed by atoms with Crippen LogP contribution in [-0.4, -0.2) is 53.8 Å². The van der Waals surface area contributed by atoms with Crippen LogP contribution in [0, 0.1) is 11.3 Å². The highest BCUT2D eigenvalue weighted by atomic mass is 16.5. The van der Waals surface area contributed by atoms with Crippen molar-refractivity contribution < 1.29 is 24.2 Å². The Morgan fingerprint density at radius 3 is 2.42 bits per heavy atom. The Balaban J connectivity index is 1.63. The largest absolute Gasteiger partial charge is 0.496 e. The zero-order valence-corrected chi connectivity index (χ0v) is 27.0. The molecule has 0 aromatic heterocycles. The second-order valence-electron chi connectivity index (χ2n) is 14.5. The Kier molecular flexibility index (Phi) is 8.97. The second-order valence-corrected chi connectivity index (χ2v) is 14.5. The Hall–Kier alpha value is -2.90. The molecule has 234 valence electrons. The summed E-state index contributed by atoms with van der Waals surface area (Å²) in [5, 5.41) is 14.7. The van der Waals surface area contributed by atoms with Crippen LogP contribution in [0.2, 0.25) is 0 Å². The molecule has 3 fully saturated rings. The van der Waals surface area contributed by atoms with Crippen LogP contribution in [0.1, 0.15) is 108 Å². The minimum atomic E-state index is -0.999. The SMILES string of the molecule is COc1ccc(C2(C)CCC2)cc1CN[C@H]1[C@H](C(C)(C)C)[C@@H](C(=O)O)N(C(=O)[C@@H]2CCCO2)[C@H]1c1ccccc1C(C)C. The molecule has 2 aliphatic heterocycles. The van der Waals surface area contributed by atoms with E-state index in [4.69, 9.17) is 9.47 Å². The van der Waals surface area contributed by atoms with Gasteiger partial charge in [-0.2, -0.15) is 0 Å². The lowest BCUT2D eigenvalue weighted by Gasteiger charge is -2.39. The van der Waals surface area contributed by atoms with E-state index in [2.05, 4.69) is 77.2 Å². The number of carboxylic acids is 1. The van der Waals surface area contributed by atoms with E-state index in [0.29, 0.717) is 19.6 Å². The van der Waals surface area contributed by atoms with Crippen LogP contribution in [0.25, 0.3) is 0 Å². The van der Waals surface area contributed by atoms with Gasteiger partial charge in [0.15, 0.2) is 0 Å². The van der Waals surface area contributed by atoms with Gasteiger partial charge in [0, 0.05) is 30.7 Å². The van der Waals surface area contributed by atoms with Gasteiger partial charge < -0.3 is 24.8 Å². The molecule has 5 rings (SSSR count). The summed E-state index contributed by atoms with van der Waals surface area (Å²) in [5.41, 5.74) is 4.26. The third-order valence-electron chi connectivity index (χ3n) is 10.3. The summed E-state index contributed by atoms with van der Waals surface area (Å²) in [5.74, 6) is -0.539. The van der Waals surface area contributed by atoms with Crippen LogP contribution in [0.3, 0.4) is 0 Å². The third-order valence-corrected chi connectivity index (χ3v) is 10.3. The van der Waals surface area contributed by atoms with E-state index in [9.17, 15) is 14.7 Å². The number of methoxy groups -OCH3 is 1. The average molecular weight is 591 g/mol. The van der Waals surface area contributed by atoms with Crippen molar-refractivity contribution >= 4 is 11.9 Å². The summed E-state index contributed by atoms with van der Waals surface area (Å²) in [6.07, 6.45) is 4.39. The van der Waals surface area contributed by atoms with Crippen molar-refractivity contribution in [1.29, 1.82) is 0 Å². The van der Waals surface area contributed by atoms with Gasteiger partial charge >= 0.3 is 5.97 Å². The fraction of sp³-hybridized carbons (Fsp3) is 0.611. The molecule has 5 atom stereocenters. The maximum atomic E-state index is 14.3. The summed E-state index contributed by atoms with van der Waals surface area (Å²) in [6, 6.07) is 12.9. The molecule has 7 heteroatoms. The van der Waals surface area contributed by atoms with Crippen LogP contribution in [0.5, 0.6) is 5.75 Å². The standard InChI is InChI=1S/C36H50N2O5/c1-22(2)25-12-8-9-13-26(25)31-30(37-21-23-20-24(15-16-27(23)42-7)36(6)17-11-18-36)29(35(3,4)5)32(34(40)41)38(31)33(39)28-14-10-19-43-28/h8-9,12-13,15-16,20,22,28-32,37H,10-11,14,17-19,21H2,1-7H3,(H,40,41)/t28-,29-,30-,31-,32-/m0/s1. The number of nitrogens with one attached hydrogen (secondary N) is 1. The molecule has 0 unspecified atom stereocenters. The predicted octanol–water partition coefficient (Wildman–Crippen LogP) is 6.60. The molecule has 0 radical (unpaired) electrons. The van der Waals surface area contributed by atoms with E-state index in [1.165, 1.54) is 24.8 Å². The van der Waals surface area contributed by atoms with Gasteiger partial charge in [-0.05, 0) is 65.2 Å². The van der Waals surface area contributed by atoms with Gasteiger partial charge in [0.1, 0.15) is 17.9 Å². The van der Waals surface area contributed by atoms with Crippen LogP contribution in [0.15, 0.2) is 42.5 Å². The summed E-state index contributed by atoms with van der Waals surface area (Å²) in [6.45, 7) is 13.9. The van der Waals surface area contributed by atoms with Gasteiger partial charge in [-0.1, -0.05) is 84.4 Å². The molecule has 1 amide bonds. The quantitative estimate of drug-likeness (QED) is 0.342. The fourth-order valence-corrected chi connectivity index (χ4v) is 7.81. The van der Waals surface area contributed by atoms with E-state index in [0.717, 1.165) is 28.9 Å². The number of hydrogen-bond acceptors (Lipinski definition) is 5. The molecule has 0 bridgehead atoms. The number of rotatable bonds is 9. The number of nitrogens with zero attached hydrogens (tertiary/aromatic N) is 1. The molecule has 2 saturated heterocycles. The lowest BCUT2D eigenvalue weighted by molar-refractivity contribution is -0.156. The minimum Gasteiger partial charge on any atom is -0.496 e. The van der Waals surface area contributed by atoms with Gasteiger partial charge in [-0.15, -0.1) is 0 Å². The van der Waals surface area contributed by atoms with Crippen molar-refractivity contribution in [3.8, 4) is 5.75 Å². The number of likely N-dealkylation sites (tertiary alicyclic amines) is 1. The Bertz CT molecular complexity index is 1320. The molecule has 0 spiro atoms. The van der Waals surface area contributed by atoms with Gasteiger partial charge in [0.25, 0.3) is 5.91 Å². The summed E-state index contributed by atoms with van der Waals surface area (Å²) in [7, 11) is 1.70. The molecular formula is C36H50N2O5. The number of carboxylic acid groups (broad SMARTS) is 1. The average Bonchev–Trinajstić information content (AvgIpc) is 3.61. The lowest BCUT2D eigenvalue weighted by atomic mass is 9.66. The smallest absolute Gasteiger partial charge is 0.326 e. The van der Waals surface area contributed by atoms with Crippen molar-refractivity contribution in [3.05, 3.63) is 64.7 Å². The summed E-state index contributed by atoms with van der Waals surface area (Å²) in [4.78, 5) is 29.2. The third kappa shape index (κ3) is 5.95. The Labute approximate surface area is 257 Å². The lowest BCUT2D eigenvalue weighted by Crippen LogP contribution is -2.50. The highest BCUT2D eigenvalue weighted by Gasteiger charge is 2.59. The predicted molar refractivity (Wildman–Crippen MR) is 168 cm³/mol. The molecule has 2 aromatic carbocycles. The van der Waals surface area contributed by atoms with Crippen LogP contribution < -0.4 is 10.1 Å². The first-order valence-corrected chi connectivity index (χ1v) is 16.0. The van der Waals surface area contributed by atoms with E-state index in [-0.39, 0.29) is 29.2 Å². The summed E-state index contributed by atoms with van der Waals surface area (Å²) >= 11 is 0. The maximum Gasteiger partial charge on any atom is 0.326 e. The first kappa shape index (κ1) is 31.5. The number of carbonyl (C=O) groups excluding carboxylic acids is 1. The number of ether oxygens (including phenoxy) is 2. The first-order chi connectivity index (χ1) is 20.4. The number of hydrogen-bond donors (Lipinski definition) is 2. The number of carbonyl (C=O) groups is 2. The first-order valence-electron chi connectivity index (χ1n) is 16.0.